The number of hydrogen-bond donors (Lipinski definition) is 1. The molecule has 2 N–H and O–H groups in total. The fourth-order valence-corrected chi connectivity index (χ4v) is 3.48. The molecule has 1 aliphatic heterocycles. The SMILES string of the molecule is CN1Cc2c(Cl)cc(Cl)cc2C(c2cccc(N)c2)C1.[Ar]. The van der Waals surface area contributed by atoms with Crippen LogP contribution in [0.3, 0.4) is 0 Å². The molecule has 0 spiro atoms. The Morgan fingerprint density at radius 2 is 1.95 bits per heavy atom. The Morgan fingerprint density at radius 3 is 2.67 bits per heavy atom. The van der Waals surface area contributed by atoms with Gasteiger partial charge in [0.1, 0.15) is 0 Å². The van der Waals surface area contributed by atoms with Crippen molar-refractivity contribution in [3.05, 3.63) is 63.1 Å². The molecule has 2 aromatic rings. The molecule has 0 saturated heterocycles. The predicted molar refractivity (Wildman–Crippen MR) is 85.5 cm³/mol. The summed E-state index contributed by atoms with van der Waals surface area (Å²) < 4.78 is 0. The molecule has 0 amide bonds. The zero-order valence-electron chi connectivity index (χ0n) is 11.6. The van der Waals surface area contributed by atoms with E-state index in [0.717, 1.165) is 29.4 Å². The Hall–Kier alpha value is 0.0397. The van der Waals surface area contributed by atoms with Crippen LogP contribution in [0.25, 0.3) is 0 Å². The molecule has 0 aromatic heterocycles. The van der Waals surface area contributed by atoms with Crippen molar-refractivity contribution in [2.75, 3.05) is 19.3 Å². The van der Waals surface area contributed by atoms with Gasteiger partial charge in [-0.25, -0.2) is 0 Å². The van der Waals surface area contributed by atoms with Gasteiger partial charge in [-0.3, -0.25) is 0 Å². The van der Waals surface area contributed by atoms with Crippen LogP contribution in [-0.2, 0) is 6.54 Å². The van der Waals surface area contributed by atoms with Crippen LogP contribution in [0, 0.1) is 37.7 Å². The molecule has 1 unspecified atom stereocenters. The fraction of sp³-hybridized carbons (Fsp3) is 0.250. The summed E-state index contributed by atoms with van der Waals surface area (Å²) in [7, 11) is 2.10. The Balaban J connectivity index is 0.00000161. The predicted octanol–water partition coefficient (Wildman–Crippen LogP) is 4.15. The summed E-state index contributed by atoms with van der Waals surface area (Å²) in [5.41, 5.74) is 10.3. The van der Waals surface area contributed by atoms with E-state index in [2.05, 4.69) is 18.0 Å². The zero-order valence-corrected chi connectivity index (χ0v) is 13.8. The monoisotopic (exact) mass is 346 g/mol. The van der Waals surface area contributed by atoms with Gasteiger partial charge in [0.05, 0.1) is 0 Å². The molecule has 0 radical (unpaired) electrons. The Labute approximate surface area is 165 Å². The number of benzene rings is 2. The second-order valence-corrected chi connectivity index (χ2v) is 6.22. The van der Waals surface area contributed by atoms with Crippen molar-refractivity contribution in [3.8, 4) is 0 Å². The van der Waals surface area contributed by atoms with Gasteiger partial charge < -0.3 is 10.6 Å². The van der Waals surface area contributed by atoms with Gasteiger partial charge >= 0.3 is 0 Å². The minimum atomic E-state index is 0. The molecule has 1 heterocycles. The number of likely N-dealkylation sites (N-methyl/N-ethyl adjacent to an activating group) is 1. The van der Waals surface area contributed by atoms with Gasteiger partial charge in [0.15, 0.2) is 0 Å². The number of nitrogens with two attached hydrogens (primary N) is 1. The van der Waals surface area contributed by atoms with E-state index in [9.17, 15) is 0 Å². The van der Waals surface area contributed by atoms with Crippen molar-refractivity contribution in [2.45, 2.75) is 12.5 Å². The average molecular weight is 347 g/mol. The van der Waals surface area contributed by atoms with E-state index in [4.69, 9.17) is 28.9 Å². The Morgan fingerprint density at radius 1 is 1.19 bits per heavy atom. The topological polar surface area (TPSA) is 29.3 Å². The zero-order chi connectivity index (χ0) is 14.3. The molecule has 1 aliphatic rings. The van der Waals surface area contributed by atoms with Crippen LogP contribution in [0.15, 0.2) is 36.4 Å². The van der Waals surface area contributed by atoms with Crippen molar-refractivity contribution in [3.63, 3.8) is 0 Å². The first-order valence-corrected chi connectivity index (χ1v) is 7.32. The minimum Gasteiger partial charge on any atom is -0.399 e. The summed E-state index contributed by atoms with van der Waals surface area (Å²) in [5, 5.41) is 1.43. The summed E-state index contributed by atoms with van der Waals surface area (Å²) >= 11 is 12.5. The van der Waals surface area contributed by atoms with E-state index >= 15 is 0 Å². The third-order valence-corrected chi connectivity index (χ3v) is 4.36. The van der Waals surface area contributed by atoms with Gasteiger partial charge in [-0.05, 0) is 48.0 Å². The van der Waals surface area contributed by atoms with Gasteiger partial charge in [-0.2, -0.15) is 0 Å². The first-order chi connectivity index (χ1) is 9.54. The van der Waals surface area contributed by atoms with Gasteiger partial charge in [-0.1, -0.05) is 35.3 Å². The molecule has 1 atom stereocenters. The third-order valence-electron chi connectivity index (χ3n) is 3.81. The average Bonchev–Trinajstić information content (AvgIpc) is 2.39. The second kappa shape index (κ2) is 7.08. The maximum atomic E-state index is 6.36. The number of rotatable bonds is 1. The van der Waals surface area contributed by atoms with E-state index in [1.165, 1.54) is 11.1 Å². The summed E-state index contributed by atoms with van der Waals surface area (Å²) in [6, 6.07) is 11.9. The van der Waals surface area contributed by atoms with Crippen molar-refractivity contribution in [2.24, 2.45) is 0 Å². The van der Waals surface area contributed by atoms with E-state index in [1.54, 1.807) is 0 Å². The second-order valence-electron chi connectivity index (χ2n) is 5.37. The molecule has 0 fully saturated rings. The van der Waals surface area contributed by atoms with Crippen molar-refractivity contribution in [1.82, 2.24) is 4.90 Å². The summed E-state index contributed by atoms with van der Waals surface area (Å²) in [6.07, 6.45) is 0. The van der Waals surface area contributed by atoms with E-state index < -0.39 is 0 Å². The van der Waals surface area contributed by atoms with Crippen LogP contribution in [0.1, 0.15) is 22.6 Å². The number of anilines is 1. The number of halogens is 2. The number of hydrogen-bond acceptors (Lipinski definition) is 2. The molecule has 2 nitrogen and oxygen atoms in total. The van der Waals surface area contributed by atoms with Gasteiger partial charge in [0, 0.05) is 72.5 Å². The van der Waals surface area contributed by atoms with Gasteiger partial charge in [-0.15, -0.1) is 0 Å². The van der Waals surface area contributed by atoms with Crippen molar-refractivity contribution < 1.29 is 37.7 Å². The number of fused-ring (bicyclic) bond motifs is 1. The summed E-state index contributed by atoms with van der Waals surface area (Å²) in [4.78, 5) is 2.27. The summed E-state index contributed by atoms with van der Waals surface area (Å²) in [6.45, 7) is 1.79. The normalized spacial score (nSPS) is 18.0. The molecule has 112 valence electrons. The molecule has 0 saturated carbocycles. The standard InChI is InChI=1S/C16H16Cl2N2.Ar/c1-20-8-14(10-3-2-4-12(19)5-10)13-6-11(17)7-16(18)15(13)9-20;/h2-7,14H,8-9,19H2,1H3;. The van der Waals surface area contributed by atoms with Crippen molar-refractivity contribution >= 4 is 28.9 Å². The van der Waals surface area contributed by atoms with Crippen LogP contribution >= 0.6 is 23.2 Å². The molecular formula is C16H16ArCl2N2. The van der Waals surface area contributed by atoms with Crippen LogP contribution in [0.2, 0.25) is 10.0 Å². The Bertz CT molecular complexity index is 661. The maximum absolute atomic E-state index is 6.36. The largest absolute Gasteiger partial charge is 0.399 e. The Kier molecular flexibility index (Phi) is 5.86. The molecule has 3 rings (SSSR count). The van der Waals surface area contributed by atoms with Gasteiger partial charge in [0.2, 0.25) is 0 Å². The smallest absolute Gasteiger partial charge is 0.0468 e. The van der Waals surface area contributed by atoms with E-state index in [1.807, 2.05) is 30.3 Å². The molecule has 2 aromatic carbocycles. The van der Waals surface area contributed by atoms with Crippen LogP contribution in [-0.4, -0.2) is 18.5 Å². The minimum absolute atomic E-state index is 0. The first kappa shape index (κ1) is 17.4. The molecular weight excluding hydrogens is 331 g/mol. The molecule has 5 heteroatoms. The van der Waals surface area contributed by atoms with Crippen LogP contribution in [0.4, 0.5) is 5.69 Å². The van der Waals surface area contributed by atoms with E-state index in [0.29, 0.717) is 5.02 Å². The summed E-state index contributed by atoms with van der Waals surface area (Å²) in [5.74, 6) is 0.253. The third kappa shape index (κ3) is 3.69. The van der Waals surface area contributed by atoms with E-state index in [-0.39, 0.29) is 43.7 Å². The molecule has 0 aliphatic carbocycles. The van der Waals surface area contributed by atoms with Crippen LogP contribution < -0.4 is 5.73 Å². The maximum Gasteiger partial charge on any atom is 0.0468 e. The number of nitrogens with zero attached hydrogens (tertiary/aromatic N) is 1. The fourth-order valence-electron chi connectivity index (χ4n) is 2.91. The first-order valence-electron chi connectivity index (χ1n) is 6.56. The van der Waals surface area contributed by atoms with Crippen molar-refractivity contribution in [1.29, 1.82) is 0 Å². The molecule has 0 bridgehead atoms. The molecule has 21 heavy (non-hydrogen) atoms. The van der Waals surface area contributed by atoms with Crippen LogP contribution in [0.5, 0.6) is 0 Å². The quantitative estimate of drug-likeness (QED) is 0.786. The number of nitrogen functional groups attached to an aromatic ring is 1. The van der Waals surface area contributed by atoms with Gasteiger partial charge in [0.25, 0.3) is 0 Å².